The molecule has 1 aliphatic heterocycles. The zero-order valence-corrected chi connectivity index (χ0v) is 15.9. The summed E-state index contributed by atoms with van der Waals surface area (Å²) in [5.41, 5.74) is 0.800. The number of carbonyl (C=O) groups excluding carboxylic acids is 1. The molecule has 3 heterocycles. The Morgan fingerprint density at radius 2 is 1.77 bits per heavy atom. The molecular weight excluding hydrogens is 328 g/mol. The lowest BCUT2D eigenvalue weighted by molar-refractivity contribution is -0.139. The third-order valence-electron chi connectivity index (χ3n) is 4.35. The van der Waals surface area contributed by atoms with Crippen LogP contribution in [-0.2, 0) is 4.79 Å². The average molecular weight is 354 g/mol. The normalized spacial score (nSPS) is 15.1. The van der Waals surface area contributed by atoms with Gasteiger partial charge >= 0.3 is 0 Å². The fraction of sp³-hybridized carbons (Fsp3) is 0.474. The molecule has 1 N–H and O–H groups in total. The fourth-order valence-electron chi connectivity index (χ4n) is 2.91. The monoisotopic (exact) mass is 354 g/mol. The minimum atomic E-state index is -0.334. The van der Waals surface area contributed by atoms with E-state index in [0.717, 1.165) is 30.3 Å². The molecule has 1 fully saturated rings. The largest absolute Gasteiger partial charge is 0.352 e. The van der Waals surface area contributed by atoms with Crippen molar-refractivity contribution in [1.82, 2.24) is 20.1 Å². The highest BCUT2D eigenvalue weighted by atomic mass is 16.2. The van der Waals surface area contributed by atoms with Gasteiger partial charge in [-0.05, 0) is 36.8 Å². The highest BCUT2D eigenvalue weighted by Gasteiger charge is 2.29. The van der Waals surface area contributed by atoms with Crippen LogP contribution in [0, 0.1) is 12.3 Å². The van der Waals surface area contributed by atoms with Crippen molar-refractivity contribution in [2.75, 3.05) is 36.4 Å². The predicted octanol–water partition coefficient (Wildman–Crippen LogP) is 2.62. The zero-order valence-electron chi connectivity index (χ0n) is 15.9. The van der Waals surface area contributed by atoms with Gasteiger partial charge < -0.3 is 15.1 Å². The molecule has 7 heteroatoms. The Balaban J connectivity index is 1.59. The SMILES string of the molecule is Cc1ccnc(Nc2ccc(N3CCN(C(=O)C(C)(C)C)CC3)nn2)c1. The fourth-order valence-corrected chi connectivity index (χ4v) is 2.91. The summed E-state index contributed by atoms with van der Waals surface area (Å²) in [7, 11) is 0. The number of hydrogen-bond donors (Lipinski definition) is 1. The summed E-state index contributed by atoms with van der Waals surface area (Å²) in [6, 6.07) is 7.76. The number of rotatable bonds is 3. The van der Waals surface area contributed by atoms with Gasteiger partial charge in [-0.2, -0.15) is 0 Å². The number of hydrogen-bond acceptors (Lipinski definition) is 6. The lowest BCUT2D eigenvalue weighted by Gasteiger charge is -2.38. The number of pyridine rings is 1. The van der Waals surface area contributed by atoms with Crippen molar-refractivity contribution in [2.45, 2.75) is 27.7 Å². The number of aromatic nitrogens is 3. The highest BCUT2D eigenvalue weighted by molar-refractivity contribution is 5.81. The Morgan fingerprint density at radius 1 is 1.04 bits per heavy atom. The van der Waals surface area contributed by atoms with Crippen molar-refractivity contribution in [1.29, 1.82) is 0 Å². The Hall–Kier alpha value is -2.70. The molecule has 2 aromatic rings. The second kappa shape index (κ2) is 7.27. The van der Waals surface area contributed by atoms with Crippen molar-refractivity contribution >= 4 is 23.4 Å². The van der Waals surface area contributed by atoms with Gasteiger partial charge in [0.05, 0.1) is 0 Å². The first-order valence-electron chi connectivity index (χ1n) is 8.91. The van der Waals surface area contributed by atoms with E-state index in [-0.39, 0.29) is 11.3 Å². The lowest BCUT2D eigenvalue weighted by atomic mass is 9.94. The topological polar surface area (TPSA) is 74.2 Å². The first-order chi connectivity index (χ1) is 12.3. The van der Waals surface area contributed by atoms with E-state index in [1.54, 1.807) is 6.20 Å². The minimum Gasteiger partial charge on any atom is -0.352 e. The number of anilines is 3. The zero-order chi connectivity index (χ0) is 18.7. The second-order valence-electron chi connectivity index (χ2n) is 7.65. The summed E-state index contributed by atoms with van der Waals surface area (Å²) in [6.07, 6.45) is 1.76. The van der Waals surface area contributed by atoms with Crippen LogP contribution in [-0.4, -0.2) is 52.2 Å². The van der Waals surface area contributed by atoms with E-state index in [1.807, 2.05) is 56.9 Å². The third kappa shape index (κ3) is 4.28. The number of amides is 1. The molecule has 138 valence electrons. The number of carbonyl (C=O) groups is 1. The van der Waals surface area contributed by atoms with E-state index < -0.39 is 0 Å². The molecule has 0 atom stereocenters. The van der Waals surface area contributed by atoms with Gasteiger partial charge in [0.25, 0.3) is 0 Å². The Morgan fingerprint density at radius 3 is 2.35 bits per heavy atom. The van der Waals surface area contributed by atoms with Crippen molar-refractivity contribution in [3.63, 3.8) is 0 Å². The van der Waals surface area contributed by atoms with Crippen molar-refractivity contribution in [2.24, 2.45) is 5.41 Å². The van der Waals surface area contributed by atoms with E-state index in [4.69, 9.17) is 0 Å². The van der Waals surface area contributed by atoms with Crippen LogP contribution in [0.5, 0.6) is 0 Å². The molecule has 2 aromatic heterocycles. The maximum absolute atomic E-state index is 12.4. The van der Waals surface area contributed by atoms with Gasteiger partial charge in [0.15, 0.2) is 11.6 Å². The third-order valence-corrected chi connectivity index (χ3v) is 4.35. The summed E-state index contributed by atoms with van der Waals surface area (Å²) in [6.45, 7) is 10.9. The van der Waals surface area contributed by atoms with Gasteiger partial charge in [0.2, 0.25) is 5.91 Å². The first kappa shape index (κ1) is 18.1. The highest BCUT2D eigenvalue weighted by Crippen LogP contribution is 2.21. The maximum atomic E-state index is 12.4. The van der Waals surface area contributed by atoms with E-state index in [0.29, 0.717) is 18.9 Å². The summed E-state index contributed by atoms with van der Waals surface area (Å²) in [5, 5.41) is 11.7. The van der Waals surface area contributed by atoms with Crippen LogP contribution >= 0.6 is 0 Å². The molecule has 0 bridgehead atoms. The van der Waals surface area contributed by atoms with Crippen molar-refractivity contribution in [3.05, 3.63) is 36.0 Å². The molecule has 0 saturated carbocycles. The van der Waals surface area contributed by atoms with Gasteiger partial charge in [-0.25, -0.2) is 4.98 Å². The van der Waals surface area contributed by atoms with Gasteiger partial charge in [-0.3, -0.25) is 4.79 Å². The Kier molecular flexibility index (Phi) is 5.06. The molecule has 0 aliphatic carbocycles. The van der Waals surface area contributed by atoms with Crippen molar-refractivity contribution in [3.8, 4) is 0 Å². The smallest absolute Gasteiger partial charge is 0.228 e. The predicted molar refractivity (Wildman–Crippen MR) is 103 cm³/mol. The quantitative estimate of drug-likeness (QED) is 0.913. The van der Waals surface area contributed by atoms with Gasteiger partial charge in [0.1, 0.15) is 5.82 Å². The molecule has 0 unspecified atom stereocenters. The van der Waals surface area contributed by atoms with E-state index in [9.17, 15) is 4.79 Å². The first-order valence-corrected chi connectivity index (χ1v) is 8.91. The number of nitrogens with one attached hydrogen (secondary N) is 1. The molecule has 7 nitrogen and oxygen atoms in total. The summed E-state index contributed by atoms with van der Waals surface area (Å²) < 4.78 is 0. The summed E-state index contributed by atoms with van der Waals surface area (Å²) >= 11 is 0. The van der Waals surface area contributed by atoms with Crippen LogP contribution in [0.25, 0.3) is 0 Å². The Bertz CT molecular complexity index is 760. The van der Waals surface area contributed by atoms with E-state index in [2.05, 4.69) is 25.4 Å². The number of piperazine rings is 1. The van der Waals surface area contributed by atoms with Crippen molar-refractivity contribution < 1.29 is 4.79 Å². The standard InChI is InChI=1S/C19H26N6O/c1-14-7-8-20-16(13-14)21-15-5-6-17(23-22-15)24-9-11-25(12-10-24)18(26)19(2,3)4/h5-8,13H,9-12H2,1-4H3,(H,20,21,22). The molecule has 1 saturated heterocycles. The maximum Gasteiger partial charge on any atom is 0.228 e. The summed E-state index contributed by atoms with van der Waals surface area (Å²) in [5.74, 6) is 2.44. The van der Waals surface area contributed by atoms with Gasteiger partial charge in [0, 0.05) is 37.8 Å². The summed E-state index contributed by atoms with van der Waals surface area (Å²) in [4.78, 5) is 20.7. The van der Waals surface area contributed by atoms with E-state index >= 15 is 0 Å². The molecule has 0 spiro atoms. The Labute approximate surface area is 154 Å². The minimum absolute atomic E-state index is 0.202. The molecule has 0 aromatic carbocycles. The number of aryl methyl sites for hydroxylation is 1. The van der Waals surface area contributed by atoms with Crippen LogP contribution in [0.1, 0.15) is 26.3 Å². The van der Waals surface area contributed by atoms with Crippen LogP contribution < -0.4 is 10.2 Å². The molecule has 26 heavy (non-hydrogen) atoms. The lowest BCUT2D eigenvalue weighted by Crippen LogP contribution is -2.51. The molecule has 1 amide bonds. The van der Waals surface area contributed by atoms with Crippen LogP contribution in [0.15, 0.2) is 30.5 Å². The molecular formula is C19H26N6O. The van der Waals surface area contributed by atoms with Gasteiger partial charge in [-0.15, -0.1) is 10.2 Å². The molecule has 1 aliphatic rings. The molecule has 3 rings (SSSR count). The number of nitrogens with zero attached hydrogens (tertiary/aromatic N) is 5. The average Bonchev–Trinajstić information content (AvgIpc) is 2.61. The van der Waals surface area contributed by atoms with Crippen LogP contribution in [0.3, 0.4) is 0 Å². The van der Waals surface area contributed by atoms with Crippen LogP contribution in [0.4, 0.5) is 17.5 Å². The van der Waals surface area contributed by atoms with Gasteiger partial charge in [-0.1, -0.05) is 20.8 Å². The van der Waals surface area contributed by atoms with E-state index in [1.165, 1.54) is 0 Å². The van der Waals surface area contributed by atoms with Crippen LogP contribution in [0.2, 0.25) is 0 Å². The second-order valence-corrected chi connectivity index (χ2v) is 7.65. The molecule has 0 radical (unpaired) electrons.